The highest BCUT2D eigenvalue weighted by atomic mass is 19.1. The van der Waals surface area contributed by atoms with E-state index in [-0.39, 0.29) is 23.2 Å². The first kappa shape index (κ1) is 28.7. The highest BCUT2D eigenvalue weighted by Gasteiger charge is 2.30. The van der Waals surface area contributed by atoms with Gasteiger partial charge in [-0.25, -0.2) is 4.39 Å². The first-order valence-corrected chi connectivity index (χ1v) is 14.2. The third-order valence-electron chi connectivity index (χ3n) is 7.65. The maximum absolute atomic E-state index is 15.1. The lowest BCUT2D eigenvalue weighted by Gasteiger charge is -2.34. The van der Waals surface area contributed by atoms with Gasteiger partial charge in [0.15, 0.2) is 11.9 Å². The number of anilines is 1. The molecule has 5 rings (SSSR count). The lowest BCUT2D eigenvalue weighted by Crippen LogP contribution is -2.50. The number of aryl methyl sites for hydroxylation is 2. The van der Waals surface area contributed by atoms with E-state index in [0.29, 0.717) is 53.1 Å². The molecule has 0 bridgehead atoms. The molecule has 3 N–H and O–H groups in total. The number of pyridine rings is 1. The zero-order valence-corrected chi connectivity index (χ0v) is 24.0. The summed E-state index contributed by atoms with van der Waals surface area (Å²) in [6.45, 7) is 9.45. The van der Waals surface area contributed by atoms with Gasteiger partial charge in [0.1, 0.15) is 11.6 Å². The molecular formula is C30H38FN7O3. The number of benzene rings is 1. The van der Waals surface area contributed by atoms with Gasteiger partial charge in [0, 0.05) is 75.4 Å². The molecule has 2 fully saturated rings. The van der Waals surface area contributed by atoms with Gasteiger partial charge < -0.3 is 20.7 Å². The number of piperazine rings is 1. The van der Waals surface area contributed by atoms with Crippen LogP contribution in [0.4, 0.5) is 10.2 Å². The van der Waals surface area contributed by atoms with Gasteiger partial charge in [-0.2, -0.15) is 5.10 Å². The molecule has 0 spiro atoms. The minimum atomic E-state index is -0.636. The molecule has 41 heavy (non-hydrogen) atoms. The van der Waals surface area contributed by atoms with Crippen molar-refractivity contribution < 1.29 is 18.7 Å². The fourth-order valence-corrected chi connectivity index (χ4v) is 5.21. The van der Waals surface area contributed by atoms with Crippen LogP contribution in [0.15, 0.2) is 36.7 Å². The van der Waals surface area contributed by atoms with Gasteiger partial charge in [0.25, 0.3) is 11.8 Å². The first-order chi connectivity index (χ1) is 19.7. The molecule has 2 atom stereocenters. The summed E-state index contributed by atoms with van der Waals surface area (Å²) >= 11 is 0. The Labute approximate surface area is 239 Å². The van der Waals surface area contributed by atoms with E-state index >= 15 is 4.39 Å². The van der Waals surface area contributed by atoms with Crippen LogP contribution in [0.3, 0.4) is 0 Å². The third kappa shape index (κ3) is 6.74. The van der Waals surface area contributed by atoms with E-state index in [0.717, 1.165) is 32.5 Å². The molecule has 1 aromatic carbocycles. The van der Waals surface area contributed by atoms with E-state index in [1.54, 1.807) is 36.1 Å². The fourth-order valence-electron chi connectivity index (χ4n) is 5.21. The number of hydrogen-bond acceptors (Lipinski definition) is 7. The van der Waals surface area contributed by atoms with E-state index in [9.17, 15) is 9.59 Å². The second kappa shape index (κ2) is 12.4. The monoisotopic (exact) mass is 563 g/mol. The van der Waals surface area contributed by atoms with Gasteiger partial charge in [0.05, 0.1) is 11.3 Å². The van der Waals surface area contributed by atoms with E-state index in [2.05, 4.69) is 37.9 Å². The Balaban J connectivity index is 1.46. The number of aromatic nitrogens is 3. The minimum Gasteiger partial charge on any atom is -0.482 e. The maximum atomic E-state index is 15.1. The lowest BCUT2D eigenvalue weighted by atomic mass is 10.0. The van der Waals surface area contributed by atoms with Gasteiger partial charge in [0.2, 0.25) is 0 Å². The van der Waals surface area contributed by atoms with Gasteiger partial charge in [-0.1, -0.05) is 0 Å². The van der Waals surface area contributed by atoms with Crippen LogP contribution in [-0.2, 0) is 6.54 Å². The molecule has 2 aromatic heterocycles. The summed E-state index contributed by atoms with van der Waals surface area (Å²) in [5.74, 6) is -0.100. The van der Waals surface area contributed by atoms with E-state index in [1.807, 2.05) is 6.92 Å². The Bertz CT molecular complexity index is 1420. The minimum absolute atomic E-state index is 0.205. The van der Waals surface area contributed by atoms with Crippen LogP contribution in [0, 0.1) is 12.7 Å². The van der Waals surface area contributed by atoms with Crippen molar-refractivity contribution in [1.29, 1.82) is 0 Å². The summed E-state index contributed by atoms with van der Waals surface area (Å²) in [6, 6.07) is 6.71. The van der Waals surface area contributed by atoms with E-state index < -0.39 is 12.0 Å². The van der Waals surface area contributed by atoms with Crippen LogP contribution in [0.2, 0.25) is 0 Å². The quantitative estimate of drug-likeness (QED) is 0.345. The molecule has 1 aliphatic carbocycles. The summed E-state index contributed by atoms with van der Waals surface area (Å²) in [7, 11) is 1.52. The Morgan fingerprint density at radius 3 is 2.68 bits per heavy atom. The largest absolute Gasteiger partial charge is 0.482 e. The molecule has 2 amide bonds. The van der Waals surface area contributed by atoms with Gasteiger partial charge in [-0.3, -0.25) is 24.2 Å². The van der Waals surface area contributed by atoms with E-state index in [4.69, 9.17) is 4.74 Å². The number of nitrogens with zero attached hydrogens (tertiary/aromatic N) is 4. The van der Waals surface area contributed by atoms with Gasteiger partial charge in [-0.05, 0) is 63.3 Å². The molecule has 1 saturated heterocycles. The number of nitrogens with one attached hydrogen (secondary N) is 3. The summed E-state index contributed by atoms with van der Waals surface area (Å²) < 4.78 is 23.3. The van der Waals surface area contributed by atoms with Crippen molar-refractivity contribution in [2.75, 3.05) is 38.5 Å². The second-order valence-corrected chi connectivity index (χ2v) is 10.9. The zero-order chi connectivity index (χ0) is 29.1. The SMILES string of the molecule is CCn1ccc(NC(=O)c2cc(C(=O)NC)c(O[C@H](CN3CCN[C@H](C)C3)c3cc(F)c(C4CC4)cn3)cc2C)n1. The van der Waals surface area contributed by atoms with Crippen LogP contribution < -0.4 is 20.7 Å². The molecule has 3 aromatic rings. The van der Waals surface area contributed by atoms with Crippen molar-refractivity contribution in [2.24, 2.45) is 0 Å². The molecule has 2 aliphatic rings. The van der Waals surface area contributed by atoms with Crippen molar-refractivity contribution >= 4 is 17.6 Å². The average Bonchev–Trinajstić information content (AvgIpc) is 3.70. The summed E-state index contributed by atoms with van der Waals surface area (Å²) in [6.07, 6.45) is 4.72. The second-order valence-electron chi connectivity index (χ2n) is 10.9. The number of carbonyl (C=O) groups excluding carboxylic acids is 2. The third-order valence-corrected chi connectivity index (χ3v) is 7.65. The van der Waals surface area contributed by atoms with Crippen LogP contribution in [0.1, 0.15) is 76.2 Å². The number of halogens is 1. The number of rotatable bonds is 10. The molecular weight excluding hydrogens is 525 g/mol. The highest BCUT2D eigenvalue weighted by molar-refractivity contribution is 6.07. The maximum Gasteiger partial charge on any atom is 0.257 e. The summed E-state index contributed by atoms with van der Waals surface area (Å²) in [5, 5.41) is 13.2. The van der Waals surface area contributed by atoms with Crippen LogP contribution >= 0.6 is 0 Å². The van der Waals surface area contributed by atoms with Crippen molar-refractivity contribution in [3.63, 3.8) is 0 Å². The van der Waals surface area contributed by atoms with Crippen LogP contribution in [-0.4, -0.2) is 70.7 Å². The van der Waals surface area contributed by atoms with Gasteiger partial charge >= 0.3 is 0 Å². The summed E-state index contributed by atoms with van der Waals surface area (Å²) in [5.41, 5.74) is 2.26. The van der Waals surface area contributed by atoms with Gasteiger partial charge in [-0.15, -0.1) is 0 Å². The molecule has 0 unspecified atom stereocenters. The Morgan fingerprint density at radius 1 is 1.22 bits per heavy atom. The Morgan fingerprint density at radius 2 is 2.02 bits per heavy atom. The smallest absolute Gasteiger partial charge is 0.257 e. The predicted molar refractivity (Wildman–Crippen MR) is 154 cm³/mol. The van der Waals surface area contributed by atoms with Crippen molar-refractivity contribution in [1.82, 2.24) is 30.3 Å². The standard InChI is InChI=1S/C30H38FN7O3/c1-5-38-10-8-28(36-38)35-30(40)21-13-22(29(39)32-4)26(12-18(21)2)41-27(17-37-11-9-33-19(3)16-37)25-14-24(31)23(15-34-25)20-6-7-20/h8,10,12-15,19-20,27,33H,5-7,9,11,16-17H2,1-4H3,(H,32,39)(H,35,36,40)/t19-,27-/m1/s1. The highest BCUT2D eigenvalue weighted by Crippen LogP contribution is 2.41. The molecule has 218 valence electrons. The van der Waals surface area contributed by atoms with Crippen molar-refractivity contribution in [3.8, 4) is 5.75 Å². The van der Waals surface area contributed by atoms with Crippen LogP contribution in [0.25, 0.3) is 0 Å². The van der Waals surface area contributed by atoms with Crippen molar-refractivity contribution in [3.05, 3.63) is 70.4 Å². The first-order valence-electron chi connectivity index (χ1n) is 14.2. The lowest BCUT2D eigenvalue weighted by molar-refractivity contribution is 0.0935. The normalized spacial score (nSPS) is 18.1. The molecule has 3 heterocycles. The molecule has 1 aliphatic heterocycles. The zero-order valence-electron chi connectivity index (χ0n) is 24.0. The van der Waals surface area contributed by atoms with Crippen molar-refractivity contribution in [2.45, 2.75) is 58.2 Å². The van der Waals surface area contributed by atoms with Crippen LogP contribution in [0.5, 0.6) is 5.75 Å². The number of hydrogen-bond donors (Lipinski definition) is 3. The Kier molecular flexibility index (Phi) is 8.65. The fraction of sp³-hybridized carbons (Fsp3) is 0.467. The topological polar surface area (TPSA) is 113 Å². The number of carbonyl (C=O) groups is 2. The Hall–Kier alpha value is -3.83. The molecule has 1 saturated carbocycles. The molecule has 0 radical (unpaired) electrons. The molecule has 11 heteroatoms. The number of ether oxygens (including phenoxy) is 1. The molecule has 10 nitrogen and oxygen atoms in total. The average molecular weight is 564 g/mol. The summed E-state index contributed by atoms with van der Waals surface area (Å²) in [4.78, 5) is 33.1. The van der Waals surface area contributed by atoms with E-state index in [1.165, 1.54) is 19.2 Å². The predicted octanol–water partition coefficient (Wildman–Crippen LogP) is 3.65. The number of amides is 2.